The molecular formula is C21H18N2OS. The number of thiazole rings is 1. The van der Waals surface area contributed by atoms with Crippen molar-refractivity contribution in [2.75, 3.05) is 5.73 Å². The number of anilines is 1. The Labute approximate surface area is 150 Å². The summed E-state index contributed by atoms with van der Waals surface area (Å²) >= 11 is 1.64. The van der Waals surface area contributed by atoms with E-state index in [1.807, 2.05) is 54.6 Å². The topological polar surface area (TPSA) is 48.1 Å². The van der Waals surface area contributed by atoms with Gasteiger partial charge >= 0.3 is 0 Å². The second-order valence-corrected chi connectivity index (χ2v) is 7.20. The molecule has 0 atom stereocenters. The Hall–Kier alpha value is -2.85. The van der Waals surface area contributed by atoms with Gasteiger partial charge in [-0.25, -0.2) is 4.98 Å². The van der Waals surface area contributed by atoms with Crippen LogP contribution in [0.25, 0.3) is 20.8 Å². The zero-order chi connectivity index (χ0) is 17.4. The minimum atomic E-state index is 0.726. The summed E-state index contributed by atoms with van der Waals surface area (Å²) in [7, 11) is 0. The second kappa shape index (κ2) is 6.22. The summed E-state index contributed by atoms with van der Waals surface area (Å²) in [6.45, 7) is 4.15. The number of nitrogens with two attached hydrogens (primary N) is 1. The van der Waals surface area contributed by atoms with Crippen molar-refractivity contribution >= 4 is 27.2 Å². The number of aromatic nitrogens is 1. The SMILES string of the molecule is Cc1cc(C)cc(Oc2ccccc2-c2nc3cc(N)ccc3s2)c1. The van der Waals surface area contributed by atoms with E-state index in [0.29, 0.717) is 0 Å². The molecule has 2 N–H and O–H groups in total. The zero-order valence-corrected chi connectivity index (χ0v) is 14.9. The van der Waals surface area contributed by atoms with Crippen molar-refractivity contribution < 1.29 is 4.74 Å². The highest BCUT2D eigenvalue weighted by Crippen LogP contribution is 2.38. The van der Waals surface area contributed by atoms with Gasteiger partial charge in [-0.2, -0.15) is 0 Å². The van der Waals surface area contributed by atoms with Crippen molar-refractivity contribution in [1.29, 1.82) is 0 Å². The Morgan fingerprint density at radius 2 is 1.68 bits per heavy atom. The molecule has 0 spiro atoms. The summed E-state index contributed by atoms with van der Waals surface area (Å²) in [6, 6.07) is 20.1. The third-order valence-electron chi connectivity index (χ3n) is 3.95. The lowest BCUT2D eigenvalue weighted by molar-refractivity contribution is 0.483. The van der Waals surface area contributed by atoms with E-state index in [2.05, 4.69) is 19.9 Å². The first-order valence-electron chi connectivity index (χ1n) is 8.10. The number of benzene rings is 3. The fourth-order valence-electron chi connectivity index (χ4n) is 2.91. The zero-order valence-electron chi connectivity index (χ0n) is 14.1. The van der Waals surface area contributed by atoms with Crippen LogP contribution in [0.3, 0.4) is 0 Å². The van der Waals surface area contributed by atoms with Gasteiger partial charge in [0.1, 0.15) is 16.5 Å². The molecule has 4 aromatic rings. The van der Waals surface area contributed by atoms with Crippen LogP contribution in [0.1, 0.15) is 11.1 Å². The standard InChI is InChI=1S/C21H18N2OS/c1-13-9-14(2)11-16(10-13)24-19-6-4-3-5-17(19)21-23-18-12-15(22)7-8-20(18)25-21/h3-12H,22H2,1-2H3. The van der Waals surface area contributed by atoms with Crippen LogP contribution in [0.5, 0.6) is 11.5 Å². The summed E-state index contributed by atoms with van der Waals surface area (Å²) in [5.74, 6) is 1.65. The van der Waals surface area contributed by atoms with E-state index >= 15 is 0 Å². The summed E-state index contributed by atoms with van der Waals surface area (Å²) in [6.07, 6.45) is 0. The van der Waals surface area contributed by atoms with Gasteiger partial charge in [0.2, 0.25) is 0 Å². The monoisotopic (exact) mass is 346 g/mol. The van der Waals surface area contributed by atoms with Crippen LogP contribution in [-0.2, 0) is 0 Å². The molecular weight excluding hydrogens is 328 g/mol. The van der Waals surface area contributed by atoms with Crippen LogP contribution in [0.4, 0.5) is 5.69 Å². The highest BCUT2D eigenvalue weighted by molar-refractivity contribution is 7.21. The van der Waals surface area contributed by atoms with Crippen molar-refractivity contribution in [3.63, 3.8) is 0 Å². The Morgan fingerprint density at radius 3 is 2.48 bits per heavy atom. The number of hydrogen-bond donors (Lipinski definition) is 1. The van der Waals surface area contributed by atoms with E-state index < -0.39 is 0 Å². The average Bonchev–Trinajstić information content (AvgIpc) is 2.97. The Balaban J connectivity index is 1.77. The van der Waals surface area contributed by atoms with Crippen LogP contribution in [0.2, 0.25) is 0 Å². The van der Waals surface area contributed by atoms with Gasteiger partial charge < -0.3 is 10.5 Å². The van der Waals surface area contributed by atoms with E-state index in [9.17, 15) is 0 Å². The van der Waals surface area contributed by atoms with Gasteiger partial charge in [0.05, 0.1) is 15.8 Å². The molecule has 0 fully saturated rings. The van der Waals surface area contributed by atoms with E-state index in [-0.39, 0.29) is 0 Å². The van der Waals surface area contributed by atoms with Gasteiger partial charge in [0.15, 0.2) is 0 Å². The fraction of sp³-hybridized carbons (Fsp3) is 0.0952. The number of para-hydroxylation sites is 1. The Morgan fingerprint density at radius 1 is 0.920 bits per heavy atom. The Bertz CT molecular complexity index is 1050. The third kappa shape index (κ3) is 3.21. The van der Waals surface area contributed by atoms with E-state index in [0.717, 1.165) is 38.0 Å². The first-order valence-corrected chi connectivity index (χ1v) is 8.92. The third-order valence-corrected chi connectivity index (χ3v) is 5.02. The largest absolute Gasteiger partial charge is 0.457 e. The van der Waals surface area contributed by atoms with Gasteiger partial charge in [-0.05, 0) is 67.4 Å². The molecule has 0 aliphatic rings. The average molecular weight is 346 g/mol. The number of ether oxygens (including phenoxy) is 1. The quantitative estimate of drug-likeness (QED) is 0.466. The number of nitrogens with zero attached hydrogens (tertiary/aromatic N) is 1. The minimum absolute atomic E-state index is 0.726. The minimum Gasteiger partial charge on any atom is -0.457 e. The summed E-state index contributed by atoms with van der Waals surface area (Å²) in [5.41, 5.74) is 10.9. The lowest BCUT2D eigenvalue weighted by Crippen LogP contribution is -1.89. The number of fused-ring (bicyclic) bond motifs is 1. The lowest BCUT2D eigenvalue weighted by atomic mass is 10.1. The van der Waals surface area contributed by atoms with Crippen LogP contribution >= 0.6 is 11.3 Å². The normalized spacial score (nSPS) is 11.0. The van der Waals surface area contributed by atoms with Crippen molar-refractivity contribution in [3.8, 4) is 22.1 Å². The van der Waals surface area contributed by atoms with Crippen LogP contribution in [0.15, 0.2) is 60.7 Å². The maximum atomic E-state index is 6.19. The molecule has 0 radical (unpaired) electrons. The predicted molar refractivity (Wildman–Crippen MR) is 105 cm³/mol. The van der Waals surface area contributed by atoms with Gasteiger partial charge in [-0.1, -0.05) is 18.2 Å². The Kier molecular flexibility index (Phi) is 3.90. The van der Waals surface area contributed by atoms with Crippen molar-refractivity contribution in [1.82, 2.24) is 4.98 Å². The van der Waals surface area contributed by atoms with Crippen molar-refractivity contribution in [2.24, 2.45) is 0 Å². The van der Waals surface area contributed by atoms with Crippen molar-refractivity contribution in [3.05, 3.63) is 71.8 Å². The maximum Gasteiger partial charge on any atom is 0.137 e. The van der Waals surface area contributed by atoms with E-state index in [1.165, 1.54) is 11.1 Å². The molecule has 1 aromatic heterocycles. The number of aryl methyl sites for hydroxylation is 2. The number of hydrogen-bond acceptors (Lipinski definition) is 4. The predicted octanol–water partition coefficient (Wildman–Crippen LogP) is 5.95. The van der Waals surface area contributed by atoms with Crippen LogP contribution in [-0.4, -0.2) is 4.98 Å². The first kappa shape index (κ1) is 15.7. The first-order chi connectivity index (χ1) is 12.1. The molecule has 0 unspecified atom stereocenters. The summed E-state index contributed by atoms with van der Waals surface area (Å²) in [5, 5.41) is 0.931. The molecule has 0 saturated heterocycles. The van der Waals surface area contributed by atoms with Crippen LogP contribution in [0, 0.1) is 13.8 Å². The maximum absolute atomic E-state index is 6.19. The lowest BCUT2D eigenvalue weighted by Gasteiger charge is -2.11. The number of rotatable bonds is 3. The van der Waals surface area contributed by atoms with Crippen molar-refractivity contribution in [2.45, 2.75) is 13.8 Å². The molecule has 25 heavy (non-hydrogen) atoms. The molecule has 124 valence electrons. The van der Waals surface area contributed by atoms with E-state index in [1.54, 1.807) is 11.3 Å². The van der Waals surface area contributed by atoms with E-state index in [4.69, 9.17) is 15.5 Å². The molecule has 3 nitrogen and oxygen atoms in total. The van der Waals surface area contributed by atoms with Gasteiger partial charge in [-0.15, -0.1) is 11.3 Å². The molecule has 1 heterocycles. The molecule has 0 bridgehead atoms. The van der Waals surface area contributed by atoms with Gasteiger partial charge in [0, 0.05) is 5.69 Å². The van der Waals surface area contributed by atoms with Crippen LogP contribution < -0.4 is 10.5 Å². The molecule has 0 aliphatic heterocycles. The smallest absolute Gasteiger partial charge is 0.137 e. The molecule has 3 aromatic carbocycles. The molecule has 4 rings (SSSR count). The molecule has 0 saturated carbocycles. The highest BCUT2D eigenvalue weighted by Gasteiger charge is 2.12. The molecule has 0 aliphatic carbocycles. The second-order valence-electron chi connectivity index (χ2n) is 6.17. The summed E-state index contributed by atoms with van der Waals surface area (Å²) in [4.78, 5) is 4.74. The molecule has 0 amide bonds. The summed E-state index contributed by atoms with van der Waals surface area (Å²) < 4.78 is 7.30. The fourth-order valence-corrected chi connectivity index (χ4v) is 3.89. The highest BCUT2D eigenvalue weighted by atomic mass is 32.1. The number of nitrogen functional groups attached to an aromatic ring is 1. The molecule has 4 heteroatoms. The van der Waals surface area contributed by atoms with Gasteiger partial charge in [-0.3, -0.25) is 0 Å². The van der Waals surface area contributed by atoms with Gasteiger partial charge in [0.25, 0.3) is 0 Å².